The summed E-state index contributed by atoms with van der Waals surface area (Å²) in [4.78, 5) is 18.8. The zero-order valence-electron chi connectivity index (χ0n) is 12.7. The van der Waals surface area contributed by atoms with Gasteiger partial charge in [0.15, 0.2) is 0 Å². The number of aromatic nitrogens is 1. The van der Waals surface area contributed by atoms with Gasteiger partial charge in [0.05, 0.1) is 24.3 Å². The van der Waals surface area contributed by atoms with Crippen molar-refractivity contribution in [3.05, 3.63) is 58.9 Å². The number of hydrogen-bond acceptors (Lipinski definition) is 4. The molecule has 3 N–H and O–H groups in total. The summed E-state index contributed by atoms with van der Waals surface area (Å²) in [7, 11) is 0. The number of carbonyl (C=O) groups is 1. The van der Waals surface area contributed by atoms with Crippen LogP contribution < -0.4 is 11.1 Å². The Morgan fingerprint density at radius 3 is 2.91 bits per heavy atom. The number of halogens is 1. The number of rotatable bonds is 3. The first-order valence-corrected chi connectivity index (χ1v) is 7.98. The fourth-order valence-electron chi connectivity index (χ4n) is 2.82. The topological polar surface area (TPSA) is 71.2 Å². The largest absolute Gasteiger partial charge is 0.397 e. The van der Waals surface area contributed by atoms with E-state index in [0.29, 0.717) is 23.8 Å². The number of nitrogens with zero attached hydrogens (tertiary/aromatic N) is 2. The lowest BCUT2D eigenvalue weighted by Crippen LogP contribution is -2.49. The average Bonchev–Trinajstić information content (AvgIpc) is 2.57. The first-order valence-electron chi connectivity index (χ1n) is 7.60. The van der Waals surface area contributed by atoms with Crippen molar-refractivity contribution < 1.29 is 4.79 Å². The summed E-state index contributed by atoms with van der Waals surface area (Å²) in [6.45, 7) is 2.14. The second-order valence-electron chi connectivity index (χ2n) is 5.59. The number of anilines is 1. The Hall–Kier alpha value is -2.11. The number of carbonyl (C=O) groups excluding carboxylic acids is 1. The molecule has 1 unspecified atom stereocenters. The van der Waals surface area contributed by atoms with Crippen molar-refractivity contribution in [2.24, 2.45) is 0 Å². The molecule has 0 radical (unpaired) electrons. The van der Waals surface area contributed by atoms with Crippen molar-refractivity contribution in [2.45, 2.75) is 12.5 Å². The van der Waals surface area contributed by atoms with Crippen LogP contribution in [0.5, 0.6) is 0 Å². The molecule has 120 valence electrons. The summed E-state index contributed by atoms with van der Waals surface area (Å²) >= 11 is 6.31. The number of nitrogens with one attached hydrogen (secondary N) is 1. The monoisotopic (exact) mass is 330 g/mol. The van der Waals surface area contributed by atoms with Crippen molar-refractivity contribution >= 4 is 23.2 Å². The van der Waals surface area contributed by atoms with Gasteiger partial charge in [0.25, 0.3) is 0 Å². The lowest BCUT2D eigenvalue weighted by atomic mass is 10.0. The molecule has 1 aromatic carbocycles. The molecule has 6 heteroatoms. The lowest BCUT2D eigenvalue weighted by Gasteiger charge is -2.37. The highest BCUT2D eigenvalue weighted by Gasteiger charge is 2.29. The molecule has 23 heavy (non-hydrogen) atoms. The fraction of sp³-hybridized carbons (Fsp3) is 0.294. The normalized spacial score (nSPS) is 18.0. The third-order valence-electron chi connectivity index (χ3n) is 4.01. The van der Waals surface area contributed by atoms with Gasteiger partial charge in [-0.05, 0) is 23.8 Å². The molecule has 1 atom stereocenters. The molecule has 0 spiro atoms. The van der Waals surface area contributed by atoms with Crippen LogP contribution >= 0.6 is 11.6 Å². The minimum absolute atomic E-state index is 0.0497. The Morgan fingerprint density at radius 2 is 2.17 bits per heavy atom. The van der Waals surface area contributed by atoms with Gasteiger partial charge in [0.1, 0.15) is 0 Å². The molecule has 0 aliphatic carbocycles. The first kappa shape index (κ1) is 15.8. The van der Waals surface area contributed by atoms with Gasteiger partial charge >= 0.3 is 0 Å². The molecule has 3 rings (SSSR count). The SMILES string of the molecule is Nc1ccc(CC(=O)N2CCNCC2c2ccccc2Cl)nc1. The third kappa shape index (κ3) is 3.63. The summed E-state index contributed by atoms with van der Waals surface area (Å²) in [6, 6.07) is 11.2. The van der Waals surface area contributed by atoms with Gasteiger partial charge in [0.2, 0.25) is 5.91 Å². The molecule has 1 aliphatic rings. The Morgan fingerprint density at radius 1 is 1.35 bits per heavy atom. The maximum Gasteiger partial charge on any atom is 0.229 e. The smallest absolute Gasteiger partial charge is 0.229 e. The zero-order valence-corrected chi connectivity index (χ0v) is 13.5. The molecule has 1 fully saturated rings. The number of nitrogen functional groups attached to an aromatic ring is 1. The van der Waals surface area contributed by atoms with Crippen LogP contribution in [0.3, 0.4) is 0 Å². The standard InChI is InChI=1S/C17H19ClN4O/c18-15-4-2-1-3-14(15)16-11-20-7-8-22(16)17(23)9-13-6-5-12(19)10-21-13/h1-6,10,16,20H,7-9,11,19H2. The first-order chi connectivity index (χ1) is 11.1. The van der Waals surface area contributed by atoms with E-state index in [0.717, 1.165) is 17.8 Å². The van der Waals surface area contributed by atoms with Crippen molar-refractivity contribution in [2.75, 3.05) is 25.4 Å². The molecular weight excluding hydrogens is 312 g/mol. The Bertz CT molecular complexity index is 689. The van der Waals surface area contributed by atoms with E-state index in [2.05, 4.69) is 10.3 Å². The van der Waals surface area contributed by atoms with Crippen molar-refractivity contribution in [1.82, 2.24) is 15.2 Å². The number of pyridine rings is 1. The molecule has 1 aromatic heterocycles. The summed E-state index contributed by atoms with van der Waals surface area (Å²) in [5, 5.41) is 4.02. The number of hydrogen-bond donors (Lipinski definition) is 2. The minimum Gasteiger partial charge on any atom is -0.397 e. The van der Waals surface area contributed by atoms with Crippen molar-refractivity contribution in [3.63, 3.8) is 0 Å². The Labute approximate surface area is 140 Å². The van der Waals surface area contributed by atoms with E-state index >= 15 is 0 Å². The quantitative estimate of drug-likeness (QED) is 0.903. The maximum atomic E-state index is 12.7. The fourth-order valence-corrected chi connectivity index (χ4v) is 3.08. The second kappa shape index (κ2) is 6.98. The highest BCUT2D eigenvalue weighted by Crippen LogP contribution is 2.28. The lowest BCUT2D eigenvalue weighted by molar-refractivity contribution is -0.133. The summed E-state index contributed by atoms with van der Waals surface area (Å²) in [5.74, 6) is 0.0497. The number of amides is 1. The van der Waals surface area contributed by atoms with E-state index in [1.165, 1.54) is 0 Å². The Balaban J connectivity index is 1.79. The van der Waals surface area contributed by atoms with E-state index in [1.807, 2.05) is 29.2 Å². The van der Waals surface area contributed by atoms with E-state index in [9.17, 15) is 4.79 Å². The van der Waals surface area contributed by atoms with Gasteiger partial charge in [-0.1, -0.05) is 29.8 Å². The highest BCUT2D eigenvalue weighted by molar-refractivity contribution is 6.31. The molecule has 5 nitrogen and oxygen atoms in total. The number of benzene rings is 1. The molecular formula is C17H19ClN4O. The molecule has 1 aliphatic heterocycles. The number of nitrogens with two attached hydrogens (primary N) is 1. The molecule has 0 saturated carbocycles. The van der Waals surface area contributed by atoms with Gasteiger partial charge < -0.3 is 16.0 Å². The number of piperazine rings is 1. The minimum atomic E-state index is -0.0567. The summed E-state index contributed by atoms with van der Waals surface area (Å²) in [5.41, 5.74) is 7.92. The molecule has 2 aromatic rings. The predicted octanol–water partition coefficient (Wildman–Crippen LogP) is 2.03. The van der Waals surface area contributed by atoms with Gasteiger partial charge in [-0.15, -0.1) is 0 Å². The van der Waals surface area contributed by atoms with Crippen LogP contribution in [0, 0.1) is 0 Å². The molecule has 0 bridgehead atoms. The van der Waals surface area contributed by atoms with Crippen LogP contribution in [-0.4, -0.2) is 35.4 Å². The molecule has 1 saturated heterocycles. The second-order valence-corrected chi connectivity index (χ2v) is 6.00. The van der Waals surface area contributed by atoms with Crippen LogP contribution in [-0.2, 0) is 11.2 Å². The zero-order chi connectivity index (χ0) is 16.2. The predicted molar refractivity (Wildman–Crippen MR) is 91.1 cm³/mol. The van der Waals surface area contributed by atoms with Gasteiger partial charge in [-0.3, -0.25) is 9.78 Å². The molecule has 1 amide bonds. The summed E-state index contributed by atoms with van der Waals surface area (Å²) in [6.07, 6.45) is 1.84. The van der Waals surface area contributed by atoms with Crippen molar-refractivity contribution in [3.8, 4) is 0 Å². The average molecular weight is 331 g/mol. The van der Waals surface area contributed by atoms with E-state index in [1.54, 1.807) is 18.3 Å². The van der Waals surface area contributed by atoms with E-state index in [-0.39, 0.29) is 18.4 Å². The van der Waals surface area contributed by atoms with Gasteiger partial charge in [0, 0.05) is 30.4 Å². The van der Waals surface area contributed by atoms with Gasteiger partial charge in [-0.25, -0.2) is 0 Å². The third-order valence-corrected chi connectivity index (χ3v) is 4.35. The van der Waals surface area contributed by atoms with Crippen LogP contribution in [0.1, 0.15) is 17.3 Å². The Kier molecular flexibility index (Phi) is 4.79. The van der Waals surface area contributed by atoms with Gasteiger partial charge in [-0.2, -0.15) is 0 Å². The van der Waals surface area contributed by atoms with Crippen LogP contribution in [0.25, 0.3) is 0 Å². The van der Waals surface area contributed by atoms with Crippen LogP contribution in [0.4, 0.5) is 5.69 Å². The van der Waals surface area contributed by atoms with Crippen LogP contribution in [0.2, 0.25) is 5.02 Å². The van der Waals surface area contributed by atoms with Crippen LogP contribution in [0.15, 0.2) is 42.6 Å². The van der Waals surface area contributed by atoms with E-state index in [4.69, 9.17) is 17.3 Å². The van der Waals surface area contributed by atoms with E-state index < -0.39 is 0 Å². The molecule has 2 heterocycles. The summed E-state index contributed by atoms with van der Waals surface area (Å²) < 4.78 is 0. The highest BCUT2D eigenvalue weighted by atomic mass is 35.5. The maximum absolute atomic E-state index is 12.7. The van der Waals surface area contributed by atoms with Crippen molar-refractivity contribution in [1.29, 1.82) is 0 Å².